The SMILES string of the molecule is CNC(=O)c1ccc(-n2ccc3cc(-c4nnc5n4CCCCC5)cnc32)cc1. The minimum absolute atomic E-state index is 0.0934. The van der Waals surface area contributed by atoms with Gasteiger partial charge in [0.2, 0.25) is 0 Å². The first kappa shape index (κ1) is 17.6. The third-order valence-electron chi connectivity index (χ3n) is 5.53. The van der Waals surface area contributed by atoms with Crippen LogP contribution in [0, 0.1) is 0 Å². The van der Waals surface area contributed by atoms with E-state index in [1.165, 1.54) is 12.8 Å². The third-order valence-corrected chi connectivity index (χ3v) is 5.53. The fraction of sp³-hybridized carbons (Fsp3) is 0.273. The molecule has 0 saturated carbocycles. The third kappa shape index (κ3) is 3.08. The molecule has 0 fully saturated rings. The van der Waals surface area contributed by atoms with Crippen LogP contribution in [0.2, 0.25) is 0 Å². The van der Waals surface area contributed by atoms with Crippen LogP contribution in [0.3, 0.4) is 0 Å². The lowest BCUT2D eigenvalue weighted by molar-refractivity contribution is 0.0963. The summed E-state index contributed by atoms with van der Waals surface area (Å²) in [5.41, 5.74) is 3.46. The van der Waals surface area contributed by atoms with Crippen molar-refractivity contribution in [2.45, 2.75) is 32.2 Å². The summed E-state index contributed by atoms with van der Waals surface area (Å²) < 4.78 is 4.27. The van der Waals surface area contributed by atoms with E-state index in [0.717, 1.165) is 53.3 Å². The first-order chi connectivity index (χ1) is 14.2. The number of amides is 1. The van der Waals surface area contributed by atoms with Gasteiger partial charge >= 0.3 is 0 Å². The van der Waals surface area contributed by atoms with Crippen LogP contribution in [0.1, 0.15) is 35.4 Å². The van der Waals surface area contributed by atoms with Crippen molar-refractivity contribution in [2.75, 3.05) is 7.05 Å². The van der Waals surface area contributed by atoms with E-state index in [1.807, 2.05) is 41.2 Å². The van der Waals surface area contributed by atoms with E-state index in [2.05, 4.69) is 32.2 Å². The zero-order valence-corrected chi connectivity index (χ0v) is 16.3. The molecule has 1 aliphatic heterocycles. The first-order valence-corrected chi connectivity index (χ1v) is 9.96. The second kappa shape index (κ2) is 7.16. The molecule has 146 valence electrons. The Morgan fingerprint density at radius 1 is 1.07 bits per heavy atom. The van der Waals surface area contributed by atoms with Crippen LogP contribution in [0.15, 0.2) is 48.8 Å². The number of fused-ring (bicyclic) bond motifs is 2. The highest BCUT2D eigenvalue weighted by atomic mass is 16.1. The lowest BCUT2D eigenvalue weighted by atomic mass is 10.2. The largest absolute Gasteiger partial charge is 0.355 e. The molecular weight excluding hydrogens is 364 g/mol. The molecular formula is C22H22N6O. The summed E-state index contributed by atoms with van der Waals surface area (Å²) >= 11 is 0. The molecule has 0 saturated heterocycles. The minimum atomic E-state index is -0.0934. The van der Waals surface area contributed by atoms with Gasteiger partial charge in [0.25, 0.3) is 5.91 Å². The summed E-state index contributed by atoms with van der Waals surface area (Å²) in [5, 5.41) is 12.5. The van der Waals surface area contributed by atoms with Crippen molar-refractivity contribution >= 4 is 16.9 Å². The van der Waals surface area contributed by atoms with Crippen LogP contribution in [-0.2, 0) is 13.0 Å². The van der Waals surface area contributed by atoms with Gasteiger partial charge in [-0.25, -0.2) is 4.98 Å². The van der Waals surface area contributed by atoms with E-state index in [-0.39, 0.29) is 5.91 Å². The summed E-state index contributed by atoms with van der Waals surface area (Å²) in [6.07, 6.45) is 8.44. The maximum Gasteiger partial charge on any atom is 0.251 e. The van der Waals surface area contributed by atoms with Gasteiger partial charge in [0.1, 0.15) is 11.5 Å². The minimum Gasteiger partial charge on any atom is -0.355 e. The first-order valence-electron chi connectivity index (χ1n) is 9.96. The molecule has 29 heavy (non-hydrogen) atoms. The molecule has 4 heterocycles. The Kier molecular flexibility index (Phi) is 4.35. The second-order valence-corrected chi connectivity index (χ2v) is 7.35. The van der Waals surface area contributed by atoms with Gasteiger partial charge in [0.15, 0.2) is 5.82 Å². The van der Waals surface area contributed by atoms with E-state index in [9.17, 15) is 4.79 Å². The highest BCUT2D eigenvalue weighted by molar-refractivity contribution is 5.94. The van der Waals surface area contributed by atoms with Gasteiger partial charge in [-0.15, -0.1) is 10.2 Å². The molecule has 0 atom stereocenters. The van der Waals surface area contributed by atoms with Crippen LogP contribution in [0.4, 0.5) is 0 Å². The van der Waals surface area contributed by atoms with Crippen LogP contribution >= 0.6 is 0 Å². The van der Waals surface area contributed by atoms with Crippen LogP contribution in [0.25, 0.3) is 28.1 Å². The number of pyridine rings is 1. The van der Waals surface area contributed by atoms with Crippen molar-refractivity contribution in [2.24, 2.45) is 0 Å². The molecule has 0 unspecified atom stereocenters. The number of nitrogens with one attached hydrogen (secondary N) is 1. The monoisotopic (exact) mass is 386 g/mol. The predicted molar refractivity (Wildman–Crippen MR) is 111 cm³/mol. The lowest BCUT2D eigenvalue weighted by Crippen LogP contribution is -2.17. The number of nitrogens with zero attached hydrogens (tertiary/aromatic N) is 5. The topological polar surface area (TPSA) is 77.6 Å². The molecule has 3 aromatic heterocycles. The maximum atomic E-state index is 11.8. The fourth-order valence-corrected chi connectivity index (χ4v) is 3.97. The Balaban J connectivity index is 1.51. The summed E-state index contributed by atoms with van der Waals surface area (Å²) in [5.74, 6) is 1.88. The highest BCUT2D eigenvalue weighted by Crippen LogP contribution is 2.26. The van der Waals surface area contributed by atoms with Crippen molar-refractivity contribution in [3.8, 4) is 17.1 Å². The molecule has 7 heteroatoms. The van der Waals surface area contributed by atoms with Crippen LogP contribution in [0.5, 0.6) is 0 Å². The summed E-state index contributed by atoms with van der Waals surface area (Å²) in [6, 6.07) is 11.7. The average molecular weight is 386 g/mol. The number of rotatable bonds is 3. The van der Waals surface area contributed by atoms with Gasteiger partial charge in [0, 0.05) is 54.6 Å². The molecule has 4 aromatic rings. The molecule has 0 spiro atoms. The number of hydrogen-bond acceptors (Lipinski definition) is 4. The molecule has 0 bridgehead atoms. The molecule has 1 aliphatic rings. The number of benzene rings is 1. The van der Waals surface area contributed by atoms with Crippen molar-refractivity contribution in [3.05, 3.63) is 60.2 Å². The van der Waals surface area contributed by atoms with Crippen molar-refractivity contribution in [3.63, 3.8) is 0 Å². The molecule has 1 N–H and O–H groups in total. The Bertz CT molecular complexity index is 1190. The molecule has 1 amide bonds. The number of aromatic nitrogens is 5. The second-order valence-electron chi connectivity index (χ2n) is 7.35. The molecule has 7 nitrogen and oxygen atoms in total. The maximum absolute atomic E-state index is 11.8. The van der Waals surface area contributed by atoms with E-state index >= 15 is 0 Å². The quantitative estimate of drug-likeness (QED) is 0.586. The Morgan fingerprint density at radius 2 is 1.93 bits per heavy atom. The van der Waals surface area contributed by atoms with E-state index < -0.39 is 0 Å². The molecule has 0 aliphatic carbocycles. The van der Waals surface area contributed by atoms with Crippen molar-refractivity contribution < 1.29 is 4.79 Å². The van der Waals surface area contributed by atoms with Gasteiger partial charge < -0.3 is 14.5 Å². The van der Waals surface area contributed by atoms with Gasteiger partial charge in [-0.05, 0) is 49.2 Å². The fourth-order valence-electron chi connectivity index (χ4n) is 3.97. The summed E-state index contributed by atoms with van der Waals surface area (Å²) in [7, 11) is 1.63. The van der Waals surface area contributed by atoms with E-state index in [0.29, 0.717) is 5.56 Å². The predicted octanol–water partition coefficient (Wildman–Crippen LogP) is 3.37. The van der Waals surface area contributed by atoms with Gasteiger partial charge in [-0.1, -0.05) is 6.42 Å². The average Bonchev–Trinajstić information content (AvgIpc) is 3.29. The molecule has 5 rings (SSSR count). The lowest BCUT2D eigenvalue weighted by Gasteiger charge is -2.08. The van der Waals surface area contributed by atoms with Crippen molar-refractivity contribution in [1.29, 1.82) is 0 Å². The zero-order valence-electron chi connectivity index (χ0n) is 16.3. The number of carbonyl (C=O) groups is 1. The van der Waals surface area contributed by atoms with Crippen molar-refractivity contribution in [1.82, 2.24) is 29.6 Å². The zero-order chi connectivity index (χ0) is 19.8. The van der Waals surface area contributed by atoms with Crippen LogP contribution < -0.4 is 5.32 Å². The number of hydrogen-bond donors (Lipinski definition) is 1. The van der Waals surface area contributed by atoms with E-state index in [4.69, 9.17) is 4.98 Å². The van der Waals surface area contributed by atoms with Crippen LogP contribution in [-0.4, -0.2) is 37.3 Å². The molecule has 0 radical (unpaired) electrons. The summed E-state index contributed by atoms with van der Waals surface area (Å²) in [6.45, 7) is 0.967. The summed E-state index contributed by atoms with van der Waals surface area (Å²) in [4.78, 5) is 16.5. The van der Waals surface area contributed by atoms with Gasteiger partial charge in [0.05, 0.1) is 0 Å². The molecule has 1 aromatic carbocycles. The standard InChI is InChI=1S/C22H22N6O/c1-23-22(29)15-6-8-18(9-7-15)27-12-10-16-13-17(14-24-20(16)27)21-26-25-19-5-3-2-4-11-28(19)21/h6-10,12-14H,2-5,11H2,1H3,(H,23,29). The Hall–Kier alpha value is -3.48. The Labute approximate surface area is 168 Å². The number of aryl methyl sites for hydroxylation is 1. The normalized spacial score (nSPS) is 13.8. The highest BCUT2D eigenvalue weighted by Gasteiger charge is 2.17. The van der Waals surface area contributed by atoms with E-state index in [1.54, 1.807) is 7.05 Å². The smallest absolute Gasteiger partial charge is 0.251 e. The number of carbonyl (C=O) groups excluding carboxylic acids is 1. The van der Waals surface area contributed by atoms with Gasteiger partial charge in [-0.3, -0.25) is 4.79 Å². The Morgan fingerprint density at radius 3 is 2.76 bits per heavy atom. The van der Waals surface area contributed by atoms with Gasteiger partial charge in [-0.2, -0.15) is 0 Å².